The molecule has 0 aliphatic rings. The SMILES string of the molecule is O=C([O-])C(=O)[O-].[NH3+]CCOCCOCC[NH3+]. The highest BCUT2D eigenvalue weighted by Gasteiger charge is 1.87. The van der Waals surface area contributed by atoms with E-state index < -0.39 is 11.9 Å². The summed E-state index contributed by atoms with van der Waals surface area (Å²) >= 11 is 0. The van der Waals surface area contributed by atoms with Gasteiger partial charge in [-0.25, -0.2) is 0 Å². The van der Waals surface area contributed by atoms with Crippen molar-refractivity contribution in [2.24, 2.45) is 0 Å². The standard InChI is InChI=1S/C6H16N2O2.C2H2O4/c7-1-3-9-5-6-10-4-2-8;3-1(4)2(5)6/h1-8H2;(H,3,4)(H,5,6). The van der Waals surface area contributed by atoms with Gasteiger partial charge in [0.05, 0.1) is 51.5 Å². The molecule has 0 rings (SSSR count). The average Bonchev–Trinajstić information content (AvgIpc) is 2.24. The fourth-order valence-electron chi connectivity index (χ4n) is 0.526. The van der Waals surface area contributed by atoms with Crippen LogP contribution in [0, 0.1) is 0 Å². The molecule has 0 saturated carbocycles. The van der Waals surface area contributed by atoms with Crippen molar-refractivity contribution >= 4 is 11.9 Å². The largest absolute Gasteiger partial charge is 0.543 e. The van der Waals surface area contributed by atoms with Crippen molar-refractivity contribution in [3.8, 4) is 0 Å². The van der Waals surface area contributed by atoms with E-state index >= 15 is 0 Å². The molecule has 8 heteroatoms. The molecular formula is C8H18N2O6. The third-order valence-corrected chi connectivity index (χ3v) is 1.12. The van der Waals surface area contributed by atoms with Crippen LogP contribution in [0.4, 0.5) is 0 Å². The quantitative estimate of drug-likeness (QED) is 0.332. The van der Waals surface area contributed by atoms with E-state index in [1.165, 1.54) is 0 Å². The van der Waals surface area contributed by atoms with Crippen LogP contribution >= 0.6 is 0 Å². The molecule has 0 saturated heterocycles. The molecule has 6 N–H and O–H groups in total. The first kappa shape index (κ1) is 17.2. The summed E-state index contributed by atoms with van der Waals surface area (Å²) in [5.74, 6) is -4.37. The van der Waals surface area contributed by atoms with Crippen molar-refractivity contribution in [1.29, 1.82) is 0 Å². The van der Waals surface area contributed by atoms with E-state index in [0.717, 1.165) is 26.3 Å². The summed E-state index contributed by atoms with van der Waals surface area (Å²) in [7, 11) is 0. The van der Waals surface area contributed by atoms with E-state index in [0.29, 0.717) is 13.2 Å². The van der Waals surface area contributed by atoms with Crippen molar-refractivity contribution in [2.75, 3.05) is 39.5 Å². The highest BCUT2D eigenvalue weighted by Crippen LogP contribution is 1.74. The molecule has 0 radical (unpaired) electrons. The molecular weight excluding hydrogens is 220 g/mol. The number of carboxylic acids is 2. The zero-order valence-corrected chi connectivity index (χ0v) is 9.11. The molecule has 0 amide bonds. The number of carbonyl (C=O) groups is 2. The van der Waals surface area contributed by atoms with Gasteiger partial charge in [0.2, 0.25) is 0 Å². The van der Waals surface area contributed by atoms with E-state index in [1.54, 1.807) is 0 Å². The van der Waals surface area contributed by atoms with Crippen LogP contribution in [-0.4, -0.2) is 51.5 Å². The average molecular weight is 238 g/mol. The van der Waals surface area contributed by atoms with E-state index in [1.807, 2.05) is 0 Å². The lowest BCUT2D eigenvalue weighted by Crippen LogP contribution is -2.52. The minimum absolute atomic E-state index is 0.676. The van der Waals surface area contributed by atoms with Crippen LogP contribution in [0.1, 0.15) is 0 Å². The second kappa shape index (κ2) is 13.8. The number of hydrogen-bond donors (Lipinski definition) is 2. The molecule has 0 aliphatic heterocycles. The maximum atomic E-state index is 8.93. The second-order valence-corrected chi connectivity index (χ2v) is 2.51. The summed E-state index contributed by atoms with van der Waals surface area (Å²) in [6, 6.07) is 0. The molecule has 0 heterocycles. The zero-order chi connectivity index (χ0) is 12.8. The van der Waals surface area contributed by atoms with Gasteiger partial charge in [-0.15, -0.1) is 0 Å². The highest BCUT2D eigenvalue weighted by atomic mass is 16.5. The van der Waals surface area contributed by atoms with Crippen molar-refractivity contribution in [2.45, 2.75) is 0 Å². The van der Waals surface area contributed by atoms with Gasteiger partial charge in [-0.3, -0.25) is 0 Å². The lowest BCUT2D eigenvalue weighted by atomic mass is 10.7. The van der Waals surface area contributed by atoms with E-state index in [9.17, 15) is 0 Å². The number of aliphatic carboxylic acids is 2. The van der Waals surface area contributed by atoms with Gasteiger partial charge in [0.25, 0.3) is 0 Å². The normalized spacial score (nSPS) is 9.12. The first-order valence-corrected chi connectivity index (χ1v) is 4.72. The Hall–Kier alpha value is -1.22. The molecule has 0 spiro atoms. The Labute approximate surface area is 93.1 Å². The third-order valence-electron chi connectivity index (χ3n) is 1.12. The number of ether oxygens (including phenoxy) is 2. The molecule has 0 unspecified atom stereocenters. The monoisotopic (exact) mass is 238 g/mol. The fourth-order valence-corrected chi connectivity index (χ4v) is 0.526. The number of carbonyl (C=O) groups excluding carboxylic acids is 2. The Kier molecular flexibility index (Phi) is 14.8. The predicted octanol–water partition coefficient (Wildman–Crippen LogP) is -6.01. The van der Waals surface area contributed by atoms with Gasteiger partial charge in [0, 0.05) is 0 Å². The highest BCUT2D eigenvalue weighted by molar-refractivity contribution is 6.25. The summed E-state index contributed by atoms with van der Waals surface area (Å²) in [6.45, 7) is 4.47. The second-order valence-electron chi connectivity index (χ2n) is 2.51. The molecule has 0 aromatic carbocycles. The molecule has 0 atom stereocenters. The van der Waals surface area contributed by atoms with E-state index in [-0.39, 0.29) is 0 Å². The van der Waals surface area contributed by atoms with Crippen LogP contribution in [0.5, 0.6) is 0 Å². The molecule has 0 aliphatic carbocycles. The number of hydrogen-bond acceptors (Lipinski definition) is 6. The van der Waals surface area contributed by atoms with Crippen molar-refractivity contribution in [3.05, 3.63) is 0 Å². The minimum Gasteiger partial charge on any atom is -0.543 e. The van der Waals surface area contributed by atoms with Crippen LogP contribution < -0.4 is 21.7 Å². The Balaban J connectivity index is 0. The molecule has 0 fully saturated rings. The summed E-state index contributed by atoms with van der Waals surface area (Å²) in [5, 5.41) is 17.9. The molecule has 96 valence electrons. The Morgan fingerprint density at radius 1 is 0.812 bits per heavy atom. The van der Waals surface area contributed by atoms with Crippen molar-refractivity contribution < 1.29 is 40.7 Å². The van der Waals surface area contributed by atoms with Crippen LogP contribution in [0.15, 0.2) is 0 Å². The molecule has 16 heavy (non-hydrogen) atoms. The van der Waals surface area contributed by atoms with E-state index in [2.05, 4.69) is 11.5 Å². The molecule has 0 bridgehead atoms. The zero-order valence-electron chi connectivity index (χ0n) is 9.11. The van der Waals surface area contributed by atoms with Gasteiger partial charge in [-0.2, -0.15) is 0 Å². The minimum atomic E-state index is -2.19. The van der Waals surface area contributed by atoms with Gasteiger partial charge in [-0.1, -0.05) is 0 Å². The van der Waals surface area contributed by atoms with Crippen molar-refractivity contribution in [3.63, 3.8) is 0 Å². The predicted molar refractivity (Wildman–Crippen MR) is 47.2 cm³/mol. The number of rotatable bonds is 7. The van der Waals surface area contributed by atoms with Gasteiger partial charge < -0.3 is 40.7 Å². The smallest absolute Gasteiger partial charge is 0.0977 e. The van der Waals surface area contributed by atoms with Crippen LogP contribution in [0.3, 0.4) is 0 Å². The fraction of sp³-hybridized carbons (Fsp3) is 0.750. The molecule has 8 nitrogen and oxygen atoms in total. The summed E-state index contributed by atoms with van der Waals surface area (Å²) in [6.07, 6.45) is 0. The topological polar surface area (TPSA) is 154 Å². The lowest BCUT2D eigenvalue weighted by molar-refractivity contribution is -0.376. The first-order valence-electron chi connectivity index (χ1n) is 4.72. The number of quaternary nitrogens is 2. The maximum absolute atomic E-state index is 8.93. The van der Waals surface area contributed by atoms with Crippen LogP contribution in [-0.2, 0) is 19.1 Å². The lowest BCUT2D eigenvalue weighted by Gasteiger charge is -2.00. The summed E-state index contributed by atoms with van der Waals surface area (Å²) in [4.78, 5) is 17.9. The van der Waals surface area contributed by atoms with Crippen molar-refractivity contribution in [1.82, 2.24) is 0 Å². The Morgan fingerprint density at radius 2 is 1.12 bits per heavy atom. The maximum Gasteiger partial charge on any atom is 0.0977 e. The van der Waals surface area contributed by atoms with E-state index in [4.69, 9.17) is 29.3 Å². The molecule has 0 aromatic heterocycles. The Morgan fingerprint density at radius 3 is 1.31 bits per heavy atom. The number of carboxylic acid groups (broad SMARTS) is 2. The van der Waals surface area contributed by atoms with Gasteiger partial charge in [-0.05, 0) is 0 Å². The first-order chi connectivity index (χ1) is 7.56. The summed E-state index contributed by atoms with van der Waals surface area (Å²) in [5.41, 5.74) is 7.29. The third kappa shape index (κ3) is 18.5. The summed E-state index contributed by atoms with van der Waals surface area (Å²) < 4.78 is 10.2. The van der Waals surface area contributed by atoms with Gasteiger partial charge in [0.15, 0.2) is 0 Å². The molecule has 0 aromatic rings. The van der Waals surface area contributed by atoms with Gasteiger partial charge >= 0.3 is 0 Å². The Bertz CT molecular complexity index is 167. The van der Waals surface area contributed by atoms with Crippen LogP contribution in [0.25, 0.3) is 0 Å². The van der Waals surface area contributed by atoms with Crippen LogP contribution in [0.2, 0.25) is 0 Å². The van der Waals surface area contributed by atoms with Gasteiger partial charge in [0.1, 0.15) is 0 Å².